The molecule has 0 aliphatic rings. The summed E-state index contributed by atoms with van der Waals surface area (Å²) < 4.78 is 26.2. The zero-order chi connectivity index (χ0) is 20.7. The minimum Gasteiger partial charge on any atom is -0.380 e. The molecule has 0 aromatic rings. The van der Waals surface area contributed by atoms with Crippen LogP contribution < -0.4 is 16.0 Å². The van der Waals surface area contributed by atoms with Gasteiger partial charge in [0.1, 0.15) is 13.2 Å². The molecule has 10 heteroatoms. The Hall–Kier alpha value is -1.30. The Morgan fingerprint density at radius 3 is 1.50 bits per heavy atom. The van der Waals surface area contributed by atoms with E-state index in [1.807, 2.05) is 14.0 Å². The standard InChI is InChI=1S/C18H37N3O7/c1-3-7-24-9-5-20-17(22)15-28-14-12-26-10-6-21-18(23)16-27-13-11-25-8-4-19-2/h19H,3-16H2,1-2H3,(H,20,22)(H,21,23). The van der Waals surface area contributed by atoms with Crippen molar-refractivity contribution in [2.75, 3.05) is 92.8 Å². The van der Waals surface area contributed by atoms with Crippen LogP contribution in [-0.4, -0.2) is 105 Å². The number of hydrogen-bond donors (Lipinski definition) is 3. The molecule has 0 aromatic carbocycles. The third-order valence-corrected chi connectivity index (χ3v) is 3.19. The van der Waals surface area contributed by atoms with Gasteiger partial charge in [0.05, 0.1) is 46.2 Å². The first-order valence-electron chi connectivity index (χ1n) is 9.77. The molecule has 0 aliphatic heterocycles. The molecule has 0 fully saturated rings. The van der Waals surface area contributed by atoms with Gasteiger partial charge >= 0.3 is 0 Å². The van der Waals surface area contributed by atoms with E-state index in [2.05, 4.69) is 16.0 Å². The molecule has 0 atom stereocenters. The van der Waals surface area contributed by atoms with Crippen LogP contribution in [0.1, 0.15) is 13.3 Å². The molecule has 3 N–H and O–H groups in total. The SMILES string of the molecule is CCCOCCNC(=O)COCCOCCNC(=O)COCCOCCNC. The molecule has 0 rings (SSSR count). The van der Waals surface area contributed by atoms with Crippen molar-refractivity contribution in [2.24, 2.45) is 0 Å². The van der Waals surface area contributed by atoms with Crippen molar-refractivity contribution < 1.29 is 33.3 Å². The molecule has 0 radical (unpaired) electrons. The average molecular weight is 408 g/mol. The molecule has 0 spiro atoms. The maximum Gasteiger partial charge on any atom is 0.246 e. The Labute approximate surface area is 167 Å². The van der Waals surface area contributed by atoms with Gasteiger partial charge in [0.15, 0.2) is 0 Å². The van der Waals surface area contributed by atoms with Crippen molar-refractivity contribution in [3.63, 3.8) is 0 Å². The van der Waals surface area contributed by atoms with Crippen LogP contribution in [-0.2, 0) is 33.3 Å². The lowest BCUT2D eigenvalue weighted by atomic mass is 10.5. The maximum absolute atomic E-state index is 11.5. The van der Waals surface area contributed by atoms with E-state index >= 15 is 0 Å². The van der Waals surface area contributed by atoms with E-state index in [-0.39, 0.29) is 25.0 Å². The lowest BCUT2D eigenvalue weighted by molar-refractivity contribution is -0.127. The van der Waals surface area contributed by atoms with Crippen LogP contribution >= 0.6 is 0 Å². The second-order valence-electron chi connectivity index (χ2n) is 5.75. The normalized spacial score (nSPS) is 10.8. The summed E-state index contributed by atoms with van der Waals surface area (Å²) in [5.74, 6) is -0.380. The monoisotopic (exact) mass is 407 g/mol. The maximum atomic E-state index is 11.5. The van der Waals surface area contributed by atoms with E-state index in [9.17, 15) is 9.59 Å². The van der Waals surface area contributed by atoms with Gasteiger partial charge in [-0.25, -0.2) is 0 Å². The predicted molar refractivity (Wildman–Crippen MR) is 104 cm³/mol. The Balaban J connectivity index is 3.25. The molecular weight excluding hydrogens is 370 g/mol. The first-order chi connectivity index (χ1) is 13.7. The summed E-state index contributed by atoms with van der Waals surface area (Å²) in [5, 5.41) is 8.35. The summed E-state index contributed by atoms with van der Waals surface area (Å²) >= 11 is 0. The van der Waals surface area contributed by atoms with E-state index in [1.54, 1.807) is 0 Å². The Bertz CT molecular complexity index is 373. The first-order valence-corrected chi connectivity index (χ1v) is 9.77. The second-order valence-corrected chi connectivity index (χ2v) is 5.75. The molecule has 0 unspecified atom stereocenters. The fourth-order valence-corrected chi connectivity index (χ4v) is 1.82. The second kappa shape index (κ2) is 22.0. The third kappa shape index (κ3) is 21.0. The van der Waals surface area contributed by atoms with E-state index in [4.69, 9.17) is 23.7 Å². The lowest BCUT2D eigenvalue weighted by Crippen LogP contribution is -2.32. The van der Waals surface area contributed by atoms with Crippen molar-refractivity contribution in [3.8, 4) is 0 Å². The summed E-state index contributed by atoms with van der Waals surface area (Å²) in [6, 6.07) is 0. The van der Waals surface area contributed by atoms with Gasteiger partial charge in [-0.1, -0.05) is 6.92 Å². The average Bonchev–Trinajstić information content (AvgIpc) is 2.69. The molecule has 166 valence electrons. The number of ether oxygens (including phenoxy) is 5. The van der Waals surface area contributed by atoms with Crippen molar-refractivity contribution in [1.29, 1.82) is 0 Å². The molecule has 0 aliphatic carbocycles. The number of carbonyl (C=O) groups excluding carboxylic acids is 2. The highest BCUT2D eigenvalue weighted by Crippen LogP contribution is 1.82. The smallest absolute Gasteiger partial charge is 0.246 e. The molecule has 0 aromatic heterocycles. The van der Waals surface area contributed by atoms with E-state index < -0.39 is 0 Å². The Kier molecular flexibility index (Phi) is 21.0. The number of nitrogens with one attached hydrogen (secondary N) is 3. The fourth-order valence-electron chi connectivity index (χ4n) is 1.82. The number of amides is 2. The molecule has 0 saturated carbocycles. The van der Waals surface area contributed by atoms with Crippen molar-refractivity contribution in [3.05, 3.63) is 0 Å². The first kappa shape index (κ1) is 26.7. The van der Waals surface area contributed by atoms with Crippen LogP contribution in [0, 0.1) is 0 Å². The highest BCUT2D eigenvalue weighted by atomic mass is 16.5. The lowest BCUT2D eigenvalue weighted by Gasteiger charge is -2.08. The number of rotatable bonds is 21. The zero-order valence-corrected chi connectivity index (χ0v) is 17.3. The van der Waals surface area contributed by atoms with Gasteiger partial charge in [0.2, 0.25) is 11.8 Å². The van der Waals surface area contributed by atoms with Crippen LogP contribution in [0.3, 0.4) is 0 Å². The summed E-state index contributed by atoms with van der Waals surface area (Å²) in [5.41, 5.74) is 0. The van der Waals surface area contributed by atoms with Gasteiger partial charge in [0, 0.05) is 26.2 Å². The fraction of sp³-hybridized carbons (Fsp3) is 0.889. The molecule has 2 amide bonds. The quantitative estimate of drug-likeness (QED) is 0.206. The van der Waals surface area contributed by atoms with Crippen molar-refractivity contribution in [2.45, 2.75) is 13.3 Å². The van der Waals surface area contributed by atoms with Gasteiger partial charge in [-0.15, -0.1) is 0 Å². The highest BCUT2D eigenvalue weighted by molar-refractivity contribution is 5.77. The molecule has 0 saturated heterocycles. The van der Waals surface area contributed by atoms with Crippen LogP contribution in [0.5, 0.6) is 0 Å². The van der Waals surface area contributed by atoms with E-state index in [0.29, 0.717) is 65.9 Å². The van der Waals surface area contributed by atoms with Gasteiger partial charge in [-0.2, -0.15) is 0 Å². The molecule has 0 bridgehead atoms. The minimum atomic E-state index is -0.199. The third-order valence-electron chi connectivity index (χ3n) is 3.19. The van der Waals surface area contributed by atoms with Crippen molar-refractivity contribution in [1.82, 2.24) is 16.0 Å². The number of hydrogen-bond acceptors (Lipinski definition) is 8. The Morgan fingerprint density at radius 2 is 1.04 bits per heavy atom. The minimum absolute atomic E-state index is 0.00288. The molecule has 28 heavy (non-hydrogen) atoms. The van der Waals surface area contributed by atoms with Crippen molar-refractivity contribution >= 4 is 11.8 Å². The highest BCUT2D eigenvalue weighted by Gasteiger charge is 2.02. The largest absolute Gasteiger partial charge is 0.380 e. The number of carbonyl (C=O) groups is 2. The molecule has 0 heterocycles. The molecule has 10 nitrogen and oxygen atoms in total. The molecular formula is C18H37N3O7. The topological polar surface area (TPSA) is 116 Å². The van der Waals surface area contributed by atoms with E-state index in [0.717, 1.165) is 13.0 Å². The van der Waals surface area contributed by atoms with Gasteiger partial charge in [-0.05, 0) is 13.5 Å². The predicted octanol–water partition coefficient (Wildman–Crippen LogP) is -1.07. The van der Waals surface area contributed by atoms with Crippen LogP contribution in [0.15, 0.2) is 0 Å². The van der Waals surface area contributed by atoms with Crippen LogP contribution in [0.25, 0.3) is 0 Å². The van der Waals surface area contributed by atoms with Crippen LogP contribution in [0.4, 0.5) is 0 Å². The summed E-state index contributed by atoms with van der Waals surface area (Å²) in [4.78, 5) is 23.0. The van der Waals surface area contributed by atoms with Gasteiger partial charge in [0.25, 0.3) is 0 Å². The number of likely N-dealkylation sites (N-methyl/N-ethyl adjacent to an activating group) is 1. The summed E-state index contributed by atoms with van der Waals surface area (Å²) in [7, 11) is 1.85. The zero-order valence-electron chi connectivity index (χ0n) is 17.3. The summed E-state index contributed by atoms with van der Waals surface area (Å²) in [6.45, 7) is 7.35. The van der Waals surface area contributed by atoms with Gasteiger partial charge < -0.3 is 39.6 Å². The van der Waals surface area contributed by atoms with E-state index in [1.165, 1.54) is 0 Å². The van der Waals surface area contributed by atoms with Crippen LogP contribution in [0.2, 0.25) is 0 Å². The summed E-state index contributed by atoms with van der Waals surface area (Å²) in [6.07, 6.45) is 0.960. The Morgan fingerprint density at radius 1 is 0.607 bits per heavy atom. The van der Waals surface area contributed by atoms with Gasteiger partial charge in [-0.3, -0.25) is 9.59 Å².